The molecular weight excluding hydrogens is 442 g/mol. The number of hydrogen-bond donors (Lipinski definition) is 0. The third kappa shape index (κ3) is 6.34. The Labute approximate surface area is 191 Å². The van der Waals surface area contributed by atoms with Gasteiger partial charge in [-0.05, 0) is 61.7 Å². The molecular formula is C22H28ClNO4S2. The molecule has 30 heavy (non-hydrogen) atoms. The van der Waals surface area contributed by atoms with Crippen molar-refractivity contribution in [1.29, 1.82) is 0 Å². The zero-order valence-electron chi connectivity index (χ0n) is 17.4. The molecule has 1 saturated heterocycles. The smallest absolute Gasteiger partial charge is 0.310 e. The highest BCUT2D eigenvalue weighted by molar-refractivity contribution is 7.99. The minimum absolute atomic E-state index is 0.00913. The molecule has 0 saturated carbocycles. The molecule has 1 aromatic heterocycles. The van der Waals surface area contributed by atoms with Crippen molar-refractivity contribution in [1.82, 2.24) is 0 Å². The Morgan fingerprint density at radius 3 is 2.80 bits per heavy atom. The summed E-state index contributed by atoms with van der Waals surface area (Å²) >= 11 is 9.32. The molecule has 1 aliphatic carbocycles. The second kappa shape index (κ2) is 11.3. The van der Waals surface area contributed by atoms with Crippen LogP contribution in [-0.2, 0) is 25.8 Å². The number of nitrogens with zero attached hydrogens (tertiary/aromatic N) is 1. The van der Waals surface area contributed by atoms with Crippen LogP contribution in [0, 0.1) is 11.8 Å². The van der Waals surface area contributed by atoms with Crippen molar-refractivity contribution >= 4 is 52.2 Å². The summed E-state index contributed by atoms with van der Waals surface area (Å²) < 4.78 is 6.38. The van der Waals surface area contributed by atoms with Crippen molar-refractivity contribution in [3.63, 3.8) is 0 Å². The Morgan fingerprint density at radius 2 is 2.13 bits per heavy atom. The summed E-state index contributed by atoms with van der Waals surface area (Å²) in [6, 6.07) is 3.69. The lowest BCUT2D eigenvalue weighted by atomic mass is 9.77. The van der Waals surface area contributed by atoms with Crippen LogP contribution in [0.15, 0.2) is 28.6 Å². The largest absolute Gasteiger partial charge is 0.430 e. The standard InChI is InChI=1S/C22H28ClNO4S2/c1-3-5-21(26)28-19-11-16(15-6-4-9-29-13-15)10-18(25)22(19)14(2)24-27-12-17-7-8-20(23)30-17/h7-8,15-16H,3-6,9-13H2,1-2H3. The maximum atomic E-state index is 13.1. The quantitative estimate of drug-likeness (QED) is 0.265. The molecule has 0 bridgehead atoms. The molecule has 2 atom stereocenters. The van der Waals surface area contributed by atoms with E-state index in [9.17, 15) is 9.59 Å². The van der Waals surface area contributed by atoms with Gasteiger partial charge < -0.3 is 9.57 Å². The van der Waals surface area contributed by atoms with Crippen LogP contribution in [0.25, 0.3) is 0 Å². The number of halogens is 1. The third-order valence-corrected chi connectivity index (χ3v) is 7.85. The van der Waals surface area contributed by atoms with Crippen LogP contribution in [-0.4, -0.2) is 29.0 Å². The van der Waals surface area contributed by atoms with Crippen molar-refractivity contribution in [3.05, 3.63) is 32.7 Å². The van der Waals surface area contributed by atoms with Gasteiger partial charge in [-0.25, -0.2) is 0 Å². The number of esters is 1. The minimum atomic E-state index is -0.293. The van der Waals surface area contributed by atoms with Crippen molar-refractivity contribution in [2.24, 2.45) is 17.0 Å². The van der Waals surface area contributed by atoms with Gasteiger partial charge in [-0.15, -0.1) is 11.3 Å². The van der Waals surface area contributed by atoms with Gasteiger partial charge in [0.2, 0.25) is 0 Å². The van der Waals surface area contributed by atoms with E-state index in [-0.39, 0.29) is 24.3 Å². The summed E-state index contributed by atoms with van der Waals surface area (Å²) in [7, 11) is 0. The summed E-state index contributed by atoms with van der Waals surface area (Å²) in [4.78, 5) is 31.7. The van der Waals surface area contributed by atoms with E-state index < -0.39 is 0 Å². The van der Waals surface area contributed by atoms with E-state index in [2.05, 4.69) is 5.16 Å². The number of ketones is 1. The Morgan fingerprint density at radius 1 is 1.30 bits per heavy atom. The van der Waals surface area contributed by atoms with E-state index in [0.717, 1.165) is 17.1 Å². The number of oxime groups is 1. The molecule has 164 valence electrons. The highest BCUT2D eigenvalue weighted by Crippen LogP contribution is 2.39. The van der Waals surface area contributed by atoms with Gasteiger partial charge in [-0.1, -0.05) is 23.7 Å². The first kappa shape index (κ1) is 23.4. The van der Waals surface area contributed by atoms with Crippen molar-refractivity contribution in [2.45, 2.75) is 59.0 Å². The Balaban J connectivity index is 1.77. The first-order valence-corrected chi connectivity index (χ1v) is 12.8. The van der Waals surface area contributed by atoms with Crippen molar-refractivity contribution in [2.75, 3.05) is 11.5 Å². The maximum Gasteiger partial charge on any atom is 0.310 e. The Bertz CT molecular complexity index is 827. The van der Waals surface area contributed by atoms with Gasteiger partial charge in [-0.3, -0.25) is 9.59 Å². The zero-order valence-corrected chi connectivity index (χ0v) is 19.8. The molecule has 8 heteroatoms. The molecule has 2 heterocycles. The van der Waals surface area contributed by atoms with Crippen LogP contribution in [0.2, 0.25) is 4.34 Å². The molecule has 1 aromatic rings. The average molecular weight is 470 g/mol. The lowest BCUT2D eigenvalue weighted by Gasteiger charge is -2.33. The SMILES string of the molecule is CCCC(=O)OC1=C(C(C)=NOCc2ccc(Cl)s2)C(=O)CC(C2CCCSC2)C1. The van der Waals surface area contributed by atoms with Gasteiger partial charge in [0.15, 0.2) is 12.4 Å². The van der Waals surface area contributed by atoms with Crippen molar-refractivity contribution < 1.29 is 19.2 Å². The summed E-state index contributed by atoms with van der Waals surface area (Å²) in [5.41, 5.74) is 0.863. The van der Waals surface area contributed by atoms with E-state index in [1.165, 1.54) is 23.5 Å². The number of Topliss-reactive ketones (excluding diaryl/α,β-unsaturated/α-hetero) is 1. The summed E-state index contributed by atoms with van der Waals surface area (Å²) in [6.07, 6.45) is 4.44. The molecule has 1 aliphatic heterocycles. The Hall–Kier alpha value is -1.31. The average Bonchev–Trinajstić information content (AvgIpc) is 3.13. The number of thiophene rings is 1. The maximum absolute atomic E-state index is 13.1. The number of carbonyl (C=O) groups excluding carboxylic acids is 2. The molecule has 1 fully saturated rings. The third-order valence-electron chi connectivity index (χ3n) is 5.41. The summed E-state index contributed by atoms with van der Waals surface area (Å²) in [5, 5.41) is 4.15. The molecule has 2 aliphatic rings. The van der Waals surface area contributed by atoms with Gasteiger partial charge in [0, 0.05) is 24.1 Å². The van der Waals surface area contributed by atoms with Gasteiger partial charge in [0.1, 0.15) is 5.76 Å². The van der Waals surface area contributed by atoms with E-state index >= 15 is 0 Å². The van der Waals surface area contributed by atoms with Crippen LogP contribution in [0.3, 0.4) is 0 Å². The second-order valence-corrected chi connectivity index (χ2v) is 10.7. The molecule has 5 nitrogen and oxygen atoms in total. The van der Waals surface area contributed by atoms with Crippen LogP contribution in [0.1, 0.15) is 57.2 Å². The number of thioether (sulfide) groups is 1. The monoisotopic (exact) mass is 469 g/mol. The summed E-state index contributed by atoms with van der Waals surface area (Å²) in [6.45, 7) is 3.95. The molecule has 0 spiro atoms. The fourth-order valence-electron chi connectivity index (χ4n) is 3.94. The zero-order chi connectivity index (χ0) is 21.5. The number of carbonyl (C=O) groups is 2. The molecule has 3 rings (SSSR count). The van der Waals surface area contributed by atoms with Crippen LogP contribution < -0.4 is 0 Å². The van der Waals surface area contributed by atoms with E-state index in [4.69, 9.17) is 21.2 Å². The molecule has 0 aromatic carbocycles. The first-order chi connectivity index (χ1) is 14.5. The van der Waals surface area contributed by atoms with Crippen LogP contribution in [0.4, 0.5) is 0 Å². The molecule has 0 N–H and O–H groups in total. The molecule has 2 unspecified atom stereocenters. The molecule has 0 amide bonds. The van der Waals surface area contributed by atoms with E-state index in [0.29, 0.717) is 53.0 Å². The topological polar surface area (TPSA) is 65.0 Å². The van der Waals surface area contributed by atoms with Gasteiger partial charge >= 0.3 is 5.97 Å². The number of hydrogen-bond acceptors (Lipinski definition) is 7. The van der Waals surface area contributed by atoms with Gasteiger partial charge in [0.25, 0.3) is 0 Å². The highest BCUT2D eigenvalue weighted by atomic mass is 35.5. The lowest BCUT2D eigenvalue weighted by molar-refractivity contribution is -0.140. The fraction of sp³-hybridized carbons (Fsp3) is 0.591. The van der Waals surface area contributed by atoms with E-state index in [1.807, 2.05) is 30.8 Å². The predicted molar refractivity (Wildman–Crippen MR) is 123 cm³/mol. The van der Waals surface area contributed by atoms with E-state index in [1.54, 1.807) is 6.92 Å². The number of allylic oxidation sites excluding steroid dienone is 2. The normalized spacial score (nSPS) is 22.9. The summed E-state index contributed by atoms with van der Waals surface area (Å²) in [5.74, 6) is 3.14. The number of ether oxygens (including phenoxy) is 1. The Kier molecular flexibility index (Phi) is 8.84. The highest BCUT2D eigenvalue weighted by Gasteiger charge is 2.36. The molecule has 0 radical (unpaired) electrons. The fourth-order valence-corrected chi connectivity index (χ4v) is 6.21. The van der Waals surface area contributed by atoms with Crippen LogP contribution in [0.5, 0.6) is 0 Å². The lowest BCUT2D eigenvalue weighted by Crippen LogP contribution is -2.31. The predicted octanol–water partition coefficient (Wildman–Crippen LogP) is 6.01. The van der Waals surface area contributed by atoms with Crippen LogP contribution >= 0.6 is 34.7 Å². The number of rotatable bonds is 8. The van der Waals surface area contributed by atoms with Gasteiger partial charge in [-0.2, -0.15) is 11.8 Å². The van der Waals surface area contributed by atoms with Crippen molar-refractivity contribution in [3.8, 4) is 0 Å². The minimum Gasteiger partial charge on any atom is -0.430 e. The second-order valence-electron chi connectivity index (χ2n) is 7.75. The first-order valence-electron chi connectivity index (χ1n) is 10.4. The van der Waals surface area contributed by atoms with Gasteiger partial charge in [0.05, 0.1) is 15.6 Å².